The smallest absolute Gasteiger partial charge is 0.416 e. The van der Waals surface area contributed by atoms with Crippen molar-refractivity contribution >= 4 is 33.3 Å². The fourth-order valence-corrected chi connectivity index (χ4v) is 5.79. The van der Waals surface area contributed by atoms with Gasteiger partial charge in [-0.3, -0.25) is 9.52 Å². The lowest BCUT2D eigenvalue weighted by Gasteiger charge is -2.34. The van der Waals surface area contributed by atoms with Gasteiger partial charge < -0.3 is 29.5 Å². The number of fused-ring (bicyclic) bond motifs is 1. The SMILES string of the molecule is C[C@H](CO)N1C[C@H](C)[C@@H](CN(C)C(=O)Nc2ccc(C(F)(F)F)cc2)Oc2ccc(NS(=O)(=O)c3cn(C)cn3)cc2CC1=O. The van der Waals surface area contributed by atoms with Crippen molar-refractivity contribution in [3.8, 4) is 5.75 Å². The van der Waals surface area contributed by atoms with Gasteiger partial charge in [0.05, 0.1) is 37.5 Å². The van der Waals surface area contributed by atoms with E-state index in [1.165, 1.54) is 52.1 Å². The van der Waals surface area contributed by atoms with Crippen molar-refractivity contribution in [2.75, 3.05) is 36.8 Å². The van der Waals surface area contributed by atoms with Crippen LogP contribution in [0, 0.1) is 5.92 Å². The lowest BCUT2D eigenvalue weighted by molar-refractivity contribution is -0.137. The number of sulfonamides is 1. The van der Waals surface area contributed by atoms with E-state index in [4.69, 9.17) is 4.74 Å². The second kappa shape index (κ2) is 13.4. The number of likely N-dealkylation sites (N-methyl/N-ethyl adjacent to an activating group) is 1. The number of alkyl halides is 3. The molecule has 0 spiro atoms. The predicted octanol–water partition coefficient (Wildman–Crippen LogP) is 3.55. The van der Waals surface area contributed by atoms with Gasteiger partial charge in [-0.15, -0.1) is 0 Å². The zero-order valence-corrected chi connectivity index (χ0v) is 25.9. The molecule has 3 atom stereocenters. The number of nitrogens with one attached hydrogen (secondary N) is 2. The van der Waals surface area contributed by atoms with Gasteiger partial charge in [0, 0.05) is 49.7 Å². The topological polar surface area (TPSA) is 146 Å². The average molecular weight is 653 g/mol. The normalized spacial score (nSPS) is 18.1. The Hall–Kier alpha value is -4.31. The van der Waals surface area contributed by atoms with Gasteiger partial charge in [-0.05, 0) is 49.4 Å². The van der Waals surface area contributed by atoms with Crippen molar-refractivity contribution in [2.45, 2.75) is 43.6 Å². The Balaban J connectivity index is 1.58. The summed E-state index contributed by atoms with van der Waals surface area (Å²) in [6.45, 7) is 3.44. The molecule has 2 aromatic carbocycles. The molecule has 45 heavy (non-hydrogen) atoms. The van der Waals surface area contributed by atoms with Crippen LogP contribution in [-0.4, -0.2) is 83.7 Å². The number of carbonyl (C=O) groups excluding carboxylic acids is 2. The summed E-state index contributed by atoms with van der Waals surface area (Å²) in [7, 11) is -0.890. The summed E-state index contributed by atoms with van der Waals surface area (Å²) in [5.74, 6) is -0.361. The highest BCUT2D eigenvalue weighted by Gasteiger charge is 2.33. The predicted molar refractivity (Wildman–Crippen MR) is 159 cm³/mol. The Morgan fingerprint density at radius 2 is 1.87 bits per heavy atom. The number of rotatable bonds is 8. The van der Waals surface area contributed by atoms with Crippen molar-refractivity contribution < 1.29 is 41.0 Å². The minimum atomic E-state index is -4.51. The number of hydrogen-bond donors (Lipinski definition) is 3. The van der Waals surface area contributed by atoms with Crippen LogP contribution in [0.5, 0.6) is 5.75 Å². The number of hydrogen-bond acceptors (Lipinski definition) is 7. The van der Waals surface area contributed by atoms with E-state index in [9.17, 15) is 36.3 Å². The summed E-state index contributed by atoms with van der Waals surface area (Å²) in [6.07, 6.45) is -2.64. The maximum absolute atomic E-state index is 13.4. The fourth-order valence-electron chi connectivity index (χ4n) is 4.76. The second-order valence-corrected chi connectivity index (χ2v) is 12.7. The highest BCUT2D eigenvalue weighted by Crippen LogP contribution is 2.31. The van der Waals surface area contributed by atoms with Gasteiger partial charge in [0.25, 0.3) is 10.0 Å². The van der Waals surface area contributed by atoms with Gasteiger partial charge in [0.2, 0.25) is 5.91 Å². The van der Waals surface area contributed by atoms with Gasteiger partial charge in [0.1, 0.15) is 11.9 Å². The summed E-state index contributed by atoms with van der Waals surface area (Å²) in [5, 5.41) is 12.2. The third-order valence-corrected chi connectivity index (χ3v) is 8.66. The van der Waals surface area contributed by atoms with Crippen molar-refractivity contribution in [3.63, 3.8) is 0 Å². The van der Waals surface area contributed by atoms with Crippen LogP contribution < -0.4 is 14.8 Å². The molecular weight excluding hydrogens is 617 g/mol. The highest BCUT2D eigenvalue weighted by atomic mass is 32.2. The van der Waals surface area contributed by atoms with E-state index in [1.54, 1.807) is 14.0 Å². The summed E-state index contributed by atoms with van der Waals surface area (Å²) < 4.78 is 74.8. The maximum Gasteiger partial charge on any atom is 0.416 e. The maximum atomic E-state index is 13.4. The van der Waals surface area contributed by atoms with E-state index in [2.05, 4.69) is 15.0 Å². The summed E-state index contributed by atoms with van der Waals surface area (Å²) in [5.41, 5.74) is -0.117. The zero-order chi connectivity index (χ0) is 33.1. The molecule has 1 aliphatic heterocycles. The van der Waals surface area contributed by atoms with Crippen molar-refractivity contribution in [1.82, 2.24) is 19.4 Å². The number of amides is 3. The largest absolute Gasteiger partial charge is 0.488 e. The second-order valence-electron chi connectivity index (χ2n) is 11.1. The molecular formula is C29H35F3N6O6S. The van der Waals surface area contributed by atoms with Crippen LogP contribution in [0.1, 0.15) is 25.0 Å². The quantitative estimate of drug-likeness (QED) is 0.338. The van der Waals surface area contributed by atoms with Crippen molar-refractivity contribution in [2.24, 2.45) is 13.0 Å². The number of aliphatic hydroxyl groups is 1. The Kier molecular flexibility index (Phi) is 9.97. The lowest BCUT2D eigenvalue weighted by atomic mass is 10.0. The number of carbonyl (C=O) groups is 2. The number of halogens is 3. The van der Waals surface area contributed by atoms with E-state index in [0.717, 1.165) is 24.3 Å². The third kappa shape index (κ3) is 8.25. The number of urea groups is 1. The molecule has 244 valence electrons. The molecule has 4 rings (SSSR count). The van der Waals surface area contributed by atoms with E-state index >= 15 is 0 Å². The van der Waals surface area contributed by atoms with Gasteiger partial charge in [0.15, 0.2) is 5.03 Å². The minimum absolute atomic E-state index is 0.0245. The molecule has 1 aromatic heterocycles. The van der Waals surface area contributed by atoms with E-state index in [1.807, 2.05) is 6.92 Å². The van der Waals surface area contributed by atoms with E-state index in [-0.39, 0.29) is 54.3 Å². The molecule has 2 heterocycles. The summed E-state index contributed by atoms with van der Waals surface area (Å²) in [6, 6.07) is 7.43. The summed E-state index contributed by atoms with van der Waals surface area (Å²) in [4.78, 5) is 33.1. The molecule has 0 bridgehead atoms. The molecule has 3 aromatic rings. The first-order valence-corrected chi connectivity index (χ1v) is 15.5. The number of aryl methyl sites for hydroxylation is 1. The Labute approximate surface area is 258 Å². The molecule has 0 saturated heterocycles. The van der Waals surface area contributed by atoms with E-state index in [0.29, 0.717) is 11.3 Å². The Bertz CT molecular complexity index is 1630. The number of aromatic nitrogens is 2. The van der Waals surface area contributed by atoms with Crippen LogP contribution in [-0.2, 0) is 34.5 Å². The van der Waals surface area contributed by atoms with Crippen LogP contribution in [0.25, 0.3) is 0 Å². The Morgan fingerprint density at radius 3 is 2.47 bits per heavy atom. The molecule has 0 radical (unpaired) electrons. The number of nitrogens with zero attached hydrogens (tertiary/aromatic N) is 4. The first-order valence-electron chi connectivity index (χ1n) is 14.0. The van der Waals surface area contributed by atoms with Gasteiger partial charge >= 0.3 is 12.2 Å². The highest BCUT2D eigenvalue weighted by molar-refractivity contribution is 7.92. The fraction of sp³-hybridized carbons (Fsp3) is 0.414. The van der Waals surface area contributed by atoms with Crippen LogP contribution in [0.4, 0.5) is 29.3 Å². The first kappa shape index (κ1) is 33.6. The molecule has 0 aliphatic carbocycles. The molecule has 1 aliphatic rings. The monoisotopic (exact) mass is 652 g/mol. The molecule has 3 amide bonds. The van der Waals surface area contributed by atoms with E-state index < -0.39 is 39.9 Å². The molecule has 0 unspecified atom stereocenters. The number of ether oxygens (including phenoxy) is 1. The van der Waals surface area contributed by atoms with Crippen molar-refractivity contribution in [3.05, 3.63) is 66.1 Å². The van der Waals surface area contributed by atoms with Crippen LogP contribution in [0.2, 0.25) is 0 Å². The zero-order valence-electron chi connectivity index (χ0n) is 25.1. The van der Waals surface area contributed by atoms with Gasteiger partial charge in [-0.2, -0.15) is 21.6 Å². The number of imidazole rings is 1. The lowest BCUT2D eigenvalue weighted by Crippen LogP contribution is -2.48. The molecule has 12 nitrogen and oxygen atoms in total. The number of aliphatic hydroxyl groups excluding tert-OH is 1. The molecule has 3 N–H and O–H groups in total. The first-order chi connectivity index (χ1) is 21.1. The average Bonchev–Trinajstić information content (AvgIpc) is 3.43. The molecule has 16 heteroatoms. The third-order valence-electron chi connectivity index (χ3n) is 7.39. The van der Waals surface area contributed by atoms with Crippen molar-refractivity contribution in [1.29, 1.82) is 0 Å². The number of benzene rings is 2. The van der Waals surface area contributed by atoms with Crippen LogP contribution in [0.3, 0.4) is 0 Å². The number of anilines is 2. The standard InChI is InChI=1S/C29H35F3N6O6S/c1-18-13-38(19(2)16-39)27(40)12-20-11-23(35-45(42,43)26-15-36(3)17-33-26)9-10-24(20)44-25(18)14-37(4)28(41)34-22-7-5-21(6-8-22)29(30,31)32/h5-11,15,17-19,25,35,39H,12-14,16H2,1-4H3,(H,34,41)/t18-,19+,25+/m0/s1. The summed E-state index contributed by atoms with van der Waals surface area (Å²) >= 11 is 0. The molecule has 0 saturated carbocycles. The van der Waals surface area contributed by atoms with Gasteiger partial charge in [-0.1, -0.05) is 6.92 Å². The Morgan fingerprint density at radius 1 is 1.20 bits per heavy atom. The minimum Gasteiger partial charge on any atom is -0.488 e. The van der Waals surface area contributed by atoms with Gasteiger partial charge in [-0.25, -0.2) is 9.78 Å². The van der Waals surface area contributed by atoms with Crippen LogP contribution >= 0.6 is 0 Å². The molecule has 0 fully saturated rings. The van der Waals surface area contributed by atoms with Crippen LogP contribution in [0.15, 0.2) is 60.0 Å².